The quantitative estimate of drug-likeness (QED) is 0.295. The molecule has 0 spiro atoms. The van der Waals surface area contributed by atoms with Crippen molar-refractivity contribution in [2.24, 2.45) is 10.8 Å². The summed E-state index contributed by atoms with van der Waals surface area (Å²) >= 11 is 0. The highest BCUT2D eigenvalue weighted by Gasteiger charge is 2.30. The van der Waals surface area contributed by atoms with Crippen molar-refractivity contribution in [2.45, 2.75) is 44.2 Å². The molecule has 3 rings (SSSR count). The number of guanidine groups is 1. The Hall–Kier alpha value is -0.810. The van der Waals surface area contributed by atoms with Crippen LogP contribution in [-0.4, -0.2) is 54.0 Å². The van der Waals surface area contributed by atoms with E-state index in [2.05, 4.69) is 20.2 Å². The van der Waals surface area contributed by atoms with Gasteiger partial charge >= 0.3 is 0 Å². The standard InChI is InChI=1S/C12H23N5/c13-15-12(14-10-4-5-10)17-8-2-7-16-6-1-3-11(16)9-17/h10-11H,1-9,13H2,(H,14,15). The van der Waals surface area contributed by atoms with E-state index in [-0.39, 0.29) is 0 Å². The molecule has 17 heavy (non-hydrogen) atoms. The molecule has 5 heteroatoms. The van der Waals surface area contributed by atoms with Gasteiger partial charge in [0.05, 0.1) is 6.04 Å². The van der Waals surface area contributed by atoms with Crippen molar-refractivity contribution in [3.05, 3.63) is 0 Å². The molecule has 0 aromatic heterocycles. The highest BCUT2D eigenvalue weighted by molar-refractivity contribution is 5.79. The summed E-state index contributed by atoms with van der Waals surface area (Å²) in [6.45, 7) is 4.70. The van der Waals surface area contributed by atoms with Gasteiger partial charge in [-0.05, 0) is 38.6 Å². The van der Waals surface area contributed by atoms with E-state index < -0.39 is 0 Å². The third-order valence-corrected chi connectivity index (χ3v) is 4.08. The Kier molecular flexibility index (Phi) is 3.20. The molecule has 3 aliphatic rings. The molecule has 0 bridgehead atoms. The van der Waals surface area contributed by atoms with Gasteiger partial charge in [0.25, 0.3) is 0 Å². The van der Waals surface area contributed by atoms with Crippen LogP contribution >= 0.6 is 0 Å². The molecule has 0 aromatic rings. The van der Waals surface area contributed by atoms with Gasteiger partial charge in [-0.1, -0.05) is 0 Å². The Morgan fingerprint density at radius 3 is 2.71 bits per heavy atom. The van der Waals surface area contributed by atoms with Gasteiger partial charge in [-0.3, -0.25) is 10.3 Å². The SMILES string of the molecule is NNC(=NC1CC1)N1CCCN2CCCC2C1. The molecule has 96 valence electrons. The molecule has 2 heterocycles. The molecular weight excluding hydrogens is 214 g/mol. The molecular formula is C12H23N5. The van der Waals surface area contributed by atoms with Crippen molar-refractivity contribution >= 4 is 5.96 Å². The Bertz CT molecular complexity index is 299. The van der Waals surface area contributed by atoms with Gasteiger partial charge < -0.3 is 4.90 Å². The number of fused-ring (bicyclic) bond motifs is 1. The number of nitrogens with two attached hydrogens (primary N) is 1. The summed E-state index contributed by atoms with van der Waals surface area (Å²) in [5, 5.41) is 0. The number of hydrogen-bond acceptors (Lipinski definition) is 3. The van der Waals surface area contributed by atoms with Crippen LogP contribution in [0.3, 0.4) is 0 Å². The zero-order valence-corrected chi connectivity index (χ0v) is 10.4. The van der Waals surface area contributed by atoms with Gasteiger partial charge in [-0.15, -0.1) is 0 Å². The first-order chi connectivity index (χ1) is 8.36. The fraction of sp³-hybridized carbons (Fsp3) is 0.917. The van der Waals surface area contributed by atoms with Gasteiger partial charge in [-0.25, -0.2) is 10.8 Å². The van der Waals surface area contributed by atoms with Crippen LogP contribution < -0.4 is 11.3 Å². The molecule has 1 saturated carbocycles. The Morgan fingerprint density at radius 2 is 1.94 bits per heavy atom. The zero-order chi connectivity index (χ0) is 11.7. The van der Waals surface area contributed by atoms with Crippen LogP contribution in [0.1, 0.15) is 32.1 Å². The summed E-state index contributed by atoms with van der Waals surface area (Å²) < 4.78 is 0. The molecule has 0 radical (unpaired) electrons. The van der Waals surface area contributed by atoms with Crippen LogP contribution in [0.5, 0.6) is 0 Å². The Morgan fingerprint density at radius 1 is 1.12 bits per heavy atom. The highest BCUT2D eigenvalue weighted by Crippen LogP contribution is 2.25. The number of rotatable bonds is 1. The summed E-state index contributed by atoms with van der Waals surface area (Å²) in [6.07, 6.45) is 6.37. The molecule has 1 atom stereocenters. The van der Waals surface area contributed by atoms with Crippen molar-refractivity contribution in [3.63, 3.8) is 0 Å². The average molecular weight is 237 g/mol. The lowest BCUT2D eigenvalue weighted by molar-refractivity contribution is 0.254. The summed E-state index contributed by atoms with van der Waals surface area (Å²) in [6, 6.07) is 1.25. The second-order valence-corrected chi connectivity index (χ2v) is 5.46. The van der Waals surface area contributed by atoms with Gasteiger partial charge in [0.2, 0.25) is 5.96 Å². The van der Waals surface area contributed by atoms with Crippen molar-refractivity contribution in [3.8, 4) is 0 Å². The van der Waals surface area contributed by atoms with Crippen LogP contribution in [0.4, 0.5) is 0 Å². The molecule has 0 aromatic carbocycles. The van der Waals surface area contributed by atoms with E-state index >= 15 is 0 Å². The first kappa shape index (κ1) is 11.3. The van der Waals surface area contributed by atoms with Gasteiger partial charge in [0, 0.05) is 25.7 Å². The maximum absolute atomic E-state index is 5.63. The van der Waals surface area contributed by atoms with Crippen molar-refractivity contribution in [1.82, 2.24) is 15.2 Å². The normalized spacial score (nSPS) is 31.2. The van der Waals surface area contributed by atoms with E-state index in [4.69, 9.17) is 5.84 Å². The molecule has 1 aliphatic carbocycles. The monoisotopic (exact) mass is 237 g/mol. The van der Waals surface area contributed by atoms with Gasteiger partial charge in [0.15, 0.2) is 0 Å². The van der Waals surface area contributed by atoms with E-state index in [1.165, 1.54) is 45.2 Å². The predicted octanol–water partition coefficient (Wildman–Crippen LogP) is 0.138. The average Bonchev–Trinajstić information content (AvgIpc) is 3.10. The van der Waals surface area contributed by atoms with Crippen LogP contribution in [0.2, 0.25) is 0 Å². The Balaban J connectivity index is 1.68. The van der Waals surface area contributed by atoms with Crippen LogP contribution in [0.15, 0.2) is 4.99 Å². The minimum absolute atomic E-state index is 0.531. The van der Waals surface area contributed by atoms with Crippen LogP contribution in [0.25, 0.3) is 0 Å². The topological polar surface area (TPSA) is 56.9 Å². The smallest absolute Gasteiger partial charge is 0.208 e. The first-order valence-electron chi connectivity index (χ1n) is 6.90. The number of nitrogens with zero attached hydrogens (tertiary/aromatic N) is 3. The molecule has 2 aliphatic heterocycles. The molecule has 0 amide bonds. The third kappa shape index (κ3) is 2.55. The molecule has 5 nitrogen and oxygen atoms in total. The number of nitrogens with one attached hydrogen (secondary N) is 1. The van der Waals surface area contributed by atoms with Crippen molar-refractivity contribution in [2.75, 3.05) is 26.2 Å². The predicted molar refractivity (Wildman–Crippen MR) is 68.6 cm³/mol. The van der Waals surface area contributed by atoms with E-state index in [9.17, 15) is 0 Å². The van der Waals surface area contributed by atoms with Crippen LogP contribution in [-0.2, 0) is 0 Å². The second-order valence-electron chi connectivity index (χ2n) is 5.46. The van der Waals surface area contributed by atoms with Crippen molar-refractivity contribution < 1.29 is 0 Å². The number of hydrazine groups is 1. The van der Waals surface area contributed by atoms with E-state index in [1.807, 2.05) is 0 Å². The molecule has 1 unspecified atom stereocenters. The van der Waals surface area contributed by atoms with Gasteiger partial charge in [0.1, 0.15) is 0 Å². The summed E-state index contributed by atoms with van der Waals surface area (Å²) in [5.74, 6) is 6.55. The molecule has 3 fully saturated rings. The molecule has 2 saturated heterocycles. The van der Waals surface area contributed by atoms with E-state index in [1.54, 1.807) is 0 Å². The highest BCUT2D eigenvalue weighted by atomic mass is 15.4. The van der Waals surface area contributed by atoms with Gasteiger partial charge in [-0.2, -0.15) is 0 Å². The summed E-state index contributed by atoms with van der Waals surface area (Å²) in [4.78, 5) is 9.66. The fourth-order valence-electron chi connectivity index (χ4n) is 2.99. The zero-order valence-electron chi connectivity index (χ0n) is 10.4. The Labute approximate surface area is 103 Å². The number of aliphatic imine (C=N–C) groups is 1. The number of hydrogen-bond donors (Lipinski definition) is 2. The maximum atomic E-state index is 5.63. The minimum Gasteiger partial charge on any atom is -0.340 e. The lowest BCUT2D eigenvalue weighted by Crippen LogP contribution is -2.48. The third-order valence-electron chi connectivity index (χ3n) is 4.08. The first-order valence-corrected chi connectivity index (χ1v) is 6.90. The fourth-order valence-corrected chi connectivity index (χ4v) is 2.99. The van der Waals surface area contributed by atoms with Crippen LogP contribution in [0, 0.1) is 0 Å². The lowest BCUT2D eigenvalue weighted by atomic mass is 10.2. The summed E-state index contributed by atoms with van der Waals surface area (Å²) in [5.41, 5.74) is 2.81. The molecule has 3 N–H and O–H groups in total. The minimum atomic E-state index is 0.531. The largest absolute Gasteiger partial charge is 0.340 e. The van der Waals surface area contributed by atoms with Crippen molar-refractivity contribution in [1.29, 1.82) is 0 Å². The maximum Gasteiger partial charge on any atom is 0.208 e. The summed E-state index contributed by atoms with van der Waals surface area (Å²) in [7, 11) is 0. The second kappa shape index (κ2) is 4.82. The van der Waals surface area contributed by atoms with E-state index in [0.29, 0.717) is 6.04 Å². The van der Waals surface area contributed by atoms with E-state index in [0.717, 1.165) is 25.1 Å². The lowest BCUT2D eigenvalue weighted by Gasteiger charge is -2.27.